The van der Waals surface area contributed by atoms with Gasteiger partial charge in [0.05, 0.1) is 30.6 Å². The molecular formula is C32H43N3O5. The molecule has 1 unspecified atom stereocenters. The highest BCUT2D eigenvalue weighted by Gasteiger charge is 2.72. The van der Waals surface area contributed by atoms with Crippen LogP contribution in [0.1, 0.15) is 54.4 Å². The summed E-state index contributed by atoms with van der Waals surface area (Å²) in [5.41, 5.74) is -1.08. The predicted octanol–water partition coefficient (Wildman–Crippen LogP) is 3.55. The van der Waals surface area contributed by atoms with Gasteiger partial charge in [0.15, 0.2) is 0 Å². The number of para-hydroxylation sites is 1. The quantitative estimate of drug-likeness (QED) is 0.548. The number of hydrogen-bond acceptors (Lipinski definition) is 5. The van der Waals surface area contributed by atoms with E-state index in [2.05, 4.69) is 34.6 Å². The molecule has 6 atom stereocenters. The number of benzene rings is 1. The van der Waals surface area contributed by atoms with Crippen LogP contribution in [0, 0.1) is 17.3 Å². The Morgan fingerprint density at radius 3 is 2.33 bits per heavy atom. The third-order valence-corrected chi connectivity index (χ3v) is 8.93. The first kappa shape index (κ1) is 28.6. The zero-order chi connectivity index (χ0) is 29.0. The van der Waals surface area contributed by atoms with Gasteiger partial charge in [-0.05, 0) is 44.2 Å². The Balaban J connectivity index is 1.61. The normalized spacial score (nSPS) is 31.2. The fraction of sp³-hybridized carbons (Fsp3) is 0.594. The van der Waals surface area contributed by atoms with Crippen LogP contribution >= 0.6 is 0 Å². The van der Waals surface area contributed by atoms with Crippen LogP contribution in [-0.2, 0) is 19.1 Å². The lowest BCUT2D eigenvalue weighted by Gasteiger charge is -2.45. The molecule has 0 aliphatic carbocycles. The minimum absolute atomic E-state index is 0.0303. The average Bonchev–Trinajstić information content (AvgIpc) is 3.19. The number of fused-ring (bicyclic) bond motifs is 2. The molecule has 1 aromatic rings. The van der Waals surface area contributed by atoms with Crippen molar-refractivity contribution in [1.29, 1.82) is 0 Å². The molecule has 3 amide bonds. The lowest BCUT2D eigenvalue weighted by atomic mass is 9.77. The second-order valence-electron chi connectivity index (χ2n) is 13.4. The van der Waals surface area contributed by atoms with Gasteiger partial charge in [-0.3, -0.25) is 14.4 Å². The molecule has 1 spiro atoms. The summed E-state index contributed by atoms with van der Waals surface area (Å²) in [7, 11) is 0. The number of aliphatic hydroxyl groups excluding tert-OH is 1. The van der Waals surface area contributed by atoms with E-state index >= 15 is 0 Å². The van der Waals surface area contributed by atoms with Gasteiger partial charge in [-0.1, -0.05) is 70.2 Å². The van der Waals surface area contributed by atoms with E-state index in [1.54, 1.807) is 9.80 Å². The van der Waals surface area contributed by atoms with Crippen molar-refractivity contribution in [1.82, 2.24) is 9.80 Å². The van der Waals surface area contributed by atoms with Crippen LogP contribution in [0.3, 0.4) is 0 Å². The molecule has 5 rings (SSSR count). The fourth-order valence-electron chi connectivity index (χ4n) is 7.66. The Morgan fingerprint density at radius 2 is 1.70 bits per heavy atom. The summed E-state index contributed by atoms with van der Waals surface area (Å²) in [4.78, 5) is 48.4. The van der Waals surface area contributed by atoms with Crippen molar-refractivity contribution < 1.29 is 24.2 Å². The number of rotatable bonds is 6. The van der Waals surface area contributed by atoms with Crippen LogP contribution in [-0.4, -0.2) is 81.7 Å². The summed E-state index contributed by atoms with van der Waals surface area (Å²) in [6.07, 6.45) is 8.18. The summed E-state index contributed by atoms with van der Waals surface area (Å²) < 4.78 is 6.75. The number of carbonyl (C=O) groups is 3. The molecule has 1 aromatic carbocycles. The monoisotopic (exact) mass is 549 g/mol. The molecule has 0 saturated carbocycles. The zero-order valence-corrected chi connectivity index (χ0v) is 24.5. The van der Waals surface area contributed by atoms with E-state index in [1.165, 1.54) is 0 Å². The van der Waals surface area contributed by atoms with E-state index in [9.17, 15) is 19.5 Å². The van der Waals surface area contributed by atoms with Crippen LogP contribution < -0.4 is 4.90 Å². The second-order valence-corrected chi connectivity index (χ2v) is 13.4. The maximum Gasteiger partial charge on any atom is 0.249 e. The average molecular weight is 550 g/mol. The first-order valence-corrected chi connectivity index (χ1v) is 14.5. The number of likely N-dealkylation sites (tertiary alicyclic amines) is 1. The molecule has 40 heavy (non-hydrogen) atoms. The second kappa shape index (κ2) is 10.1. The van der Waals surface area contributed by atoms with Gasteiger partial charge in [0.2, 0.25) is 17.7 Å². The van der Waals surface area contributed by atoms with E-state index in [4.69, 9.17) is 4.74 Å². The number of ether oxygens (including phenoxy) is 1. The topological polar surface area (TPSA) is 90.4 Å². The third kappa shape index (κ3) is 4.49. The van der Waals surface area contributed by atoms with Gasteiger partial charge in [0, 0.05) is 24.3 Å². The Labute approximate surface area is 237 Å². The lowest BCUT2D eigenvalue weighted by Crippen LogP contribution is -2.61. The van der Waals surface area contributed by atoms with Crippen molar-refractivity contribution in [3.63, 3.8) is 0 Å². The molecule has 0 bridgehead atoms. The minimum Gasteiger partial charge on any atom is -0.394 e. The van der Waals surface area contributed by atoms with E-state index in [-0.39, 0.29) is 29.7 Å². The molecule has 4 aliphatic heterocycles. The summed E-state index contributed by atoms with van der Waals surface area (Å²) in [5, 5.41) is 10.3. The maximum atomic E-state index is 14.6. The Hall–Kier alpha value is -2.97. The summed E-state index contributed by atoms with van der Waals surface area (Å²) in [6.45, 7) is 13.0. The highest BCUT2D eigenvalue weighted by Crippen LogP contribution is 2.54. The smallest absolute Gasteiger partial charge is 0.249 e. The van der Waals surface area contributed by atoms with Crippen molar-refractivity contribution >= 4 is 23.4 Å². The minimum atomic E-state index is -1.31. The van der Waals surface area contributed by atoms with Crippen LogP contribution in [0.4, 0.5) is 5.69 Å². The molecule has 0 aromatic heterocycles. The standard InChI is InChI=1S/C32H43N3O5/c1-7-21(19-36)35-26-29(39)34(31(5,6)20-30(2,3)4)18-12-16-32(26)25(28(35)38)24-23(40-32)15-11-17-33(27(24)37)22-13-9-8-10-14-22/h8-16,21,23-26,36H,7,17-20H2,1-6H3/t21-,23+,24-,25-,26?,32-/m0/s1. The molecule has 4 heterocycles. The van der Waals surface area contributed by atoms with E-state index in [1.807, 2.05) is 66.5 Å². The Bertz CT molecular complexity index is 1210. The van der Waals surface area contributed by atoms with Crippen molar-refractivity contribution in [2.75, 3.05) is 24.6 Å². The predicted molar refractivity (Wildman–Crippen MR) is 153 cm³/mol. The molecule has 2 saturated heterocycles. The van der Waals surface area contributed by atoms with E-state index in [0.717, 1.165) is 12.1 Å². The van der Waals surface area contributed by atoms with Crippen LogP contribution in [0.25, 0.3) is 0 Å². The SMILES string of the molecule is CC[C@@H](CO)N1C(=O)[C@@H]2[C@H]3C(=O)N(c4ccccc4)CC=C[C@H]3O[C@@]23C=CCN(C(C)(C)CC(C)(C)C)C(=O)C13. The Kier molecular flexibility index (Phi) is 7.24. The van der Waals surface area contributed by atoms with Gasteiger partial charge in [-0.15, -0.1) is 0 Å². The van der Waals surface area contributed by atoms with Gasteiger partial charge in [-0.2, -0.15) is 0 Å². The fourth-order valence-corrected chi connectivity index (χ4v) is 7.66. The van der Waals surface area contributed by atoms with Crippen LogP contribution in [0.2, 0.25) is 0 Å². The van der Waals surface area contributed by atoms with Crippen molar-refractivity contribution in [3.8, 4) is 0 Å². The van der Waals surface area contributed by atoms with Crippen LogP contribution in [0.5, 0.6) is 0 Å². The summed E-state index contributed by atoms with van der Waals surface area (Å²) in [5.74, 6) is -2.36. The van der Waals surface area contributed by atoms with E-state index < -0.39 is 41.2 Å². The highest BCUT2D eigenvalue weighted by molar-refractivity contribution is 6.04. The maximum absolute atomic E-state index is 14.6. The zero-order valence-electron chi connectivity index (χ0n) is 24.5. The van der Waals surface area contributed by atoms with Gasteiger partial charge < -0.3 is 24.5 Å². The van der Waals surface area contributed by atoms with Crippen molar-refractivity contribution in [3.05, 3.63) is 54.6 Å². The molecule has 8 heteroatoms. The number of amides is 3. The van der Waals surface area contributed by atoms with Crippen molar-refractivity contribution in [2.24, 2.45) is 17.3 Å². The van der Waals surface area contributed by atoms with Gasteiger partial charge in [0.1, 0.15) is 11.6 Å². The number of nitrogens with zero attached hydrogens (tertiary/aromatic N) is 3. The first-order chi connectivity index (χ1) is 18.9. The number of carbonyl (C=O) groups excluding carboxylic acids is 3. The Morgan fingerprint density at radius 1 is 1.00 bits per heavy atom. The first-order valence-electron chi connectivity index (χ1n) is 14.5. The highest BCUT2D eigenvalue weighted by atomic mass is 16.5. The molecule has 2 fully saturated rings. The number of anilines is 1. The van der Waals surface area contributed by atoms with Crippen LogP contribution in [0.15, 0.2) is 54.6 Å². The molecule has 0 radical (unpaired) electrons. The summed E-state index contributed by atoms with van der Waals surface area (Å²) >= 11 is 0. The molecule has 4 aliphatic rings. The van der Waals surface area contributed by atoms with E-state index in [0.29, 0.717) is 19.5 Å². The van der Waals surface area contributed by atoms with Gasteiger partial charge in [-0.25, -0.2) is 0 Å². The molecule has 1 N–H and O–H groups in total. The summed E-state index contributed by atoms with van der Waals surface area (Å²) in [6, 6.07) is 7.89. The largest absolute Gasteiger partial charge is 0.394 e. The van der Waals surface area contributed by atoms with Gasteiger partial charge in [0.25, 0.3) is 0 Å². The van der Waals surface area contributed by atoms with Gasteiger partial charge >= 0.3 is 0 Å². The number of hydrogen-bond donors (Lipinski definition) is 1. The molecule has 8 nitrogen and oxygen atoms in total. The lowest BCUT2D eigenvalue weighted by molar-refractivity contribution is -0.154. The van der Waals surface area contributed by atoms with Crippen molar-refractivity contribution in [2.45, 2.75) is 83.7 Å². The third-order valence-electron chi connectivity index (χ3n) is 8.93. The number of aliphatic hydroxyl groups is 1. The molecule has 216 valence electrons. The molecular weight excluding hydrogens is 506 g/mol.